The van der Waals surface area contributed by atoms with Crippen LogP contribution in [-0.2, 0) is 0 Å². The molecule has 1 atom stereocenters. The molecule has 1 aliphatic rings. The largest absolute Gasteiger partial charge is 0.380 e. The highest BCUT2D eigenvalue weighted by Gasteiger charge is 2.21. The highest BCUT2D eigenvalue weighted by molar-refractivity contribution is 7.20. The number of benzene rings is 3. The lowest BCUT2D eigenvalue weighted by Crippen LogP contribution is -2.17. The molecule has 1 nitrogen and oxygen atoms in total. The van der Waals surface area contributed by atoms with Gasteiger partial charge in [-0.25, -0.2) is 0 Å². The van der Waals surface area contributed by atoms with Crippen LogP contribution in [0.5, 0.6) is 0 Å². The van der Waals surface area contributed by atoms with Crippen molar-refractivity contribution in [3.05, 3.63) is 118 Å². The Bertz CT molecular complexity index is 1390. The van der Waals surface area contributed by atoms with Crippen molar-refractivity contribution in [1.29, 1.82) is 0 Å². The van der Waals surface area contributed by atoms with Crippen LogP contribution in [0.4, 0.5) is 0 Å². The van der Waals surface area contributed by atoms with Crippen LogP contribution in [0, 0.1) is 20.8 Å². The molecule has 158 valence electrons. The summed E-state index contributed by atoms with van der Waals surface area (Å²) in [6.45, 7) is 10.7. The molecule has 0 bridgehead atoms. The first-order chi connectivity index (χ1) is 15.6. The zero-order valence-corrected chi connectivity index (χ0v) is 19.6. The van der Waals surface area contributed by atoms with Gasteiger partial charge in [0, 0.05) is 21.3 Å². The predicted molar refractivity (Wildman–Crippen MR) is 141 cm³/mol. The van der Waals surface area contributed by atoms with Crippen LogP contribution in [0.15, 0.2) is 85.6 Å². The summed E-state index contributed by atoms with van der Waals surface area (Å²) in [5.74, 6) is 0. The molecule has 4 aromatic rings. The molecule has 1 aliphatic heterocycles. The van der Waals surface area contributed by atoms with E-state index in [1.165, 1.54) is 59.5 Å². The zero-order valence-electron chi connectivity index (χ0n) is 18.8. The van der Waals surface area contributed by atoms with E-state index in [-0.39, 0.29) is 6.04 Å². The number of thiophene rings is 1. The summed E-state index contributed by atoms with van der Waals surface area (Å²) in [4.78, 5) is 1.26. The third-order valence-electron chi connectivity index (χ3n) is 6.42. The summed E-state index contributed by atoms with van der Waals surface area (Å²) in [5, 5.41) is 4.99. The number of dihydropyridines is 1. The molecular formula is C30H27NS. The molecule has 0 spiro atoms. The molecule has 5 rings (SSSR count). The summed E-state index contributed by atoms with van der Waals surface area (Å²) in [7, 11) is 0. The maximum atomic E-state index is 4.04. The first-order valence-electron chi connectivity index (χ1n) is 11.0. The van der Waals surface area contributed by atoms with E-state index < -0.39 is 0 Å². The Morgan fingerprint density at radius 3 is 2.38 bits per heavy atom. The van der Waals surface area contributed by atoms with Crippen molar-refractivity contribution in [2.75, 3.05) is 0 Å². The van der Waals surface area contributed by atoms with Crippen molar-refractivity contribution in [3.8, 4) is 11.1 Å². The van der Waals surface area contributed by atoms with Gasteiger partial charge in [0.2, 0.25) is 0 Å². The average Bonchev–Trinajstić information content (AvgIpc) is 3.15. The topological polar surface area (TPSA) is 12.0 Å². The van der Waals surface area contributed by atoms with E-state index in [0.29, 0.717) is 0 Å². The van der Waals surface area contributed by atoms with E-state index in [1.807, 2.05) is 17.4 Å². The Labute approximate surface area is 194 Å². The van der Waals surface area contributed by atoms with Gasteiger partial charge in [-0.05, 0) is 65.1 Å². The summed E-state index contributed by atoms with van der Waals surface area (Å²) >= 11 is 1.85. The minimum absolute atomic E-state index is 0.131. The van der Waals surface area contributed by atoms with Crippen LogP contribution in [0.3, 0.4) is 0 Å². The van der Waals surface area contributed by atoms with Gasteiger partial charge in [0.25, 0.3) is 0 Å². The molecule has 2 heteroatoms. The van der Waals surface area contributed by atoms with E-state index in [0.717, 1.165) is 0 Å². The normalized spacial score (nSPS) is 15.5. The van der Waals surface area contributed by atoms with Crippen molar-refractivity contribution in [2.45, 2.75) is 26.8 Å². The predicted octanol–water partition coefficient (Wildman–Crippen LogP) is 8.38. The third kappa shape index (κ3) is 3.41. The van der Waals surface area contributed by atoms with E-state index in [9.17, 15) is 0 Å². The van der Waals surface area contributed by atoms with Crippen LogP contribution in [-0.4, -0.2) is 0 Å². The number of rotatable bonds is 4. The molecular weight excluding hydrogens is 406 g/mol. The summed E-state index contributed by atoms with van der Waals surface area (Å²) < 4.78 is 1.35. The van der Waals surface area contributed by atoms with E-state index >= 15 is 0 Å². The maximum absolute atomic E-state index is 4.04. The van der Waals surface area contributed by atoms with Crippen molar-refractivity contribution >= 4 is 33.1 Å². The average molecular weight is 434 g/mol. The summed E-state index contributed by atoms with van der Waals surface area (Å²) in [6.07, 6.45) is 8.65. The smallest absolute Gasteiger partial charge is 0.0702 e. The lowest BCUT2D eigenvalue weighted by atomic mass is 9.87. The molecule has 0 radical (unpaired) electrons. The molecule has 1 aromatic heterocycles. The fourth-order valence-corrected chi connectivity index (χ4v) is 5.95. The monoisotopic (exact) mass is 433 g/mol. The molecule has 1 unspecified atom stereocenters. The van der Waals surface area contributed by atoms with Gasteiger partial charge in [-0.15, -0.1) is 11.3 Å². The number of aryl methyl sites for hydroxylation is 3. The standard InChI is InChI=1S/C30H27NS/c1-5-27-21(4)24-16-14-20(3)29(30(24)32-27)28-19(2)10-9-13-25(28)26-17-15-23(18-31-26)22-11-7-6-8-12-22/h5-18,26,31H,1H2,2-4H3. The second kappa shape index (κ2) is 8.29. The van der Waals surface area contributed by atoms with Crippen molar-refractivity contribution in [3.63, 3.8) is 0 Å². The van der Waals surface area contributed by atoms with Crippen LogP contribution >= 0.6 is 11.3 Å². The van der Waals surface area contributed by atoms with Crippen LogP contribution in [0.1, 0.15) is 38.7 Å². The van der Waals surface area contributed by atoms with Crippen molar-refractivity contribution in [1.82, 2.24) is 5.32 Å². The SMILES string of the molecule is C=Cc1sc2c(-c3c(C)cccc3C3C=CC(c4ccccc4)=CN3)c(C)ccc2c1C. The second-order valence-electron chi connectivity index (χ2n) is 8.44. The molecule has 2 heterocycles. The fraction of sp³-hybridized carbons (Fsp3) is 0.133. The van der Waals surface area contributed by atoms with Crippen molar-refractivity contribution < 1.29 is 0 Å². The highest BCUT2D eigenvalue weighted by atomic mass is 32.1. The minimum Gasteiger partial charge on any atom is -0.380 e. The first-order valence-corrected chi connectivity index (χ1v) is 11.8. The highest BCUT2D eigenvalue weighted by Crippen LogP contribution is 2.44. The molecule has 3 aromatic carbocycles. The molecule has 1 N–H and O–H groups in total. The van der Waals surface area contributed by atoms with Gasteiger partial charge in [-0.2, -0.15) is 0 Å². The zero-order chi connectivity index (χ0) is 22.2. The lowest BCUT2D eigenvalue weighted by Gasteiger charge is -2.24. The molecule has 0 saturated carbocycles. The molecule has 0 aliphatic carbocycles. The molecule has 32 heavy (non-hydrogen) atoms. The third-order valence-corrected chi connectivity index (χ3v) is 7.74. The fourth-order valence-electron chi connectivity index (χ4n) is 4.68. The summed E-state index contributed by atoms with van der Waals surface area (Å²) in [6, 6.07) is 21.8. The van der Waals surface area contributed by atoms with Gasteiger partial charge < -0.3 is 5.32 Å². The van der Waals surface area contributed by atoms with Gasteiger partial charge in [-0.1, -0.05) is 85.5 Å². The Morgan fingerprint density at radius 2 is 1.66 bits per heavy atom. The minimum atomic E-state index is 0.131. The number of nitrogens with one attached hydrogen (secondary N) is 1. The van der Waals surface area contributed by atoms with Gasteiger partial charge in [0.15, 0.2) is 0 Å². The van der Waals surface area contributed by atoms with E-state index in [4.69, 9.17) is 0 Å². The molecule has 0 fully saturated rings. The number of hydrogen-bond acceptors (Lipinski definition) is 2. The summed E-state index contributed by atoms with van der Waals surface area (Å²) in [5.41, 5.74) is 10.4. The Kier molecular flexibility index (Phi) is 5.32. The Hall–Kier alpha value is -3.36. The van der Waals surface area contributed by atoms with Crippen molar-refractivity contribution in [2.24, 2.45) is 0 Å². The van der Waals surface area contributed by atoms with Gasteiger partial charge >= 0.3 is 0 Å². The Morgan fingerprint density at radius 1 is 0.875 bits per heavy atom. The van der Waals surface area contributed by atoms with E-state index in [2.05, 4.69) is 112 Å². The van der Waals surface area contributed by atoms with Crippen LogP contribution < -0.4 is 5.32 Å². The van der Waals surface area contributed by atoms with Gasteiger partial charge in [0.05, 0.1) is 6.04 Å². The number of fused-ring (bicyclic) bond motifs is 1. The Balaban J connectivity index is 1.64. The van der Waals surface area contributed by atoms with Crippen LogP contribution in [0.25, 0.3) is 32.9 Å². The maximum Gasteiger partial charge on any atom is 0.0702 e. The second-order valence-corrected chi connectivity index (χ2v) is 9.49. The number of allylic oxidation sites excluding steroid dienone is 2. The van der Waals surface area contributed by atoms with Crippen LogP contribution in [0.2, 0.25) is 0 Å². The molecule has 0 amide bonds. The lowest BCUT2D eigenvalue weighted by molar-refractivity contribution is 0.750. The van der Waals surface area contributed by atoms with Gasteiger partial charge in [0.1, 0.15) is 0 Å². The molecule has 0 saturated heterocycles. The van der Waals surface area contributed by atoms with Gasteiger partial charge in [-0.3, -0.25) is 0 Å². The number of hydrogen-bond donors (Lipinski definition) is 1. The first kappa shape index (κ1) is 20.5. The quantitative estimate of drug-likeness (QED) is 0.341. The van der Waals surface area contributed by atoms with E-state index in [1.54, 1.807) is 0 Å².